The molecule has 10 heteroatoms. The zero-order chi connectivity index (χ0) is 21.5. The Morgan fingerprint density at radius 3 is 2.63 bits per heavy atom. The number of amides is 2. The first kappa shape index (κ1) is 21.3. The molecule has 0 aliphatic carbocycles. The van der Waals surface area contributed by atoms with Crippen molar-refractivity contribution in [1.82, 2.24) is 20.1 Å². The number of hydrogen-bond donors (Lipinski definition) is 2. The highest BCUT2D eigenvalue weighted by Gasteiger charge is 2.15. The van der Waals surface area contributed by atoms with Crippen molar-refractivity contribution in [2.24, 2.45) is 7.05 Å². The molecule has 2 aromatic carbocycles. The zero-order valence-electron chi connectivity index (χ0n) is 16.4. The molecule has 0 bridgehead atoms. The molecule has 30 heavy (non-hydrogen) atoms. The molecule has 0 atom stereocenters. The molecular weight excluding hydrogens is 409 g/mol. The summed E-state index contributed by atoms with van der Waals surface area (Å²) in [5.74, 6) is -0.121. The van der Waals surface area contributed by atoms with Crippen LogP contribution in [-0.2, 0) is 18.4 Å². The topological polar surface area (TPSA) is 98.1 Å². The molecule has 2 N–H and O–H groups in total. The second-order valence-electron chi connectivity index (χ2n) is 6.16. The van der Waals surface area contributed by atoms with E-state index in [2.05, 4.69) is 20.8 Å². The highest BCUT2D eigenvalue weighted by atomic mass is 32.2. The largest absolute Gasteiger partial charge is 0.496 e. The second kappa shape index (κ2) is 9.88. The molecule has 0 aliphatic rings. The van der Waals surface area contributed by atoms with E-state index in [1.165, 1.54) is 19.2 Å². The smallest absolute Gasteiger partial charge is 0.255 e. The number of nitrogens with zero attached hydrogens (tertiary/aromatic N) is 3. The van der Waals surface area contributed by atoms with Gasteiger partial charge in [0.15, 0.2) is 11.0 Å². The number of carbonyl (C=O) groups is 2. The number of aromatic nitrogens is 3. The van der Waals surface area contributed by atoms with Gasteiger partial charge in [-0.2, -0.15) is 0 Å². The maximum atomic E-state index is 13.6. The molecule has 0 unspecified atom stereocenters. The van der Waals surface area contributed by atoms with Crippen LogP contribution in [0.4, 0.5) is 10.1 Å². The molecule has 8 nitrogen and oxygen atoms in total. The molecule has 0 saturated carbocycles. The van der Waals surface area contributed by atoms with Gasteiger partial charge in [0, 0.05) is 7.05 Å². The number of nitrogens with one attached hydrogen (secondary N) is 2. The van der Waals surface area contributed by atoms with Gasteiger partial charge in [0.2, 0.25) is 5.91 Å². The van der Waals surface area contributed by atoms with Crippen LogP contribution in [0.2, 0.25) is 0 Å². The Bertz CT molecular complexity index is 1060. The van der Waals surface area contributed by atoms with Crippen LogP contribution >= 0.6 is 11.8 Å². The van der Waals surface area contributed by atoms with Crippen LogP contribution in [0.1, 0.15) is 16.2 Å². The number of methoxy groups -OCH3 is 1. The van der Waals surface area contributed by atoms with Crippen molar-refractivity contribution in [3.8, 4) is 5.75 Å². The fourth-order valence-corrected chi connectivity index (χ4v) is 3.32. The lowest BCUT2D eigenvalue weighted by atomic mass is 10.2. The molecular formula is C20H20FN5O3S. The van der Waals surface area contributed by atoms with Gasteiger partial charge in [-0.1, -0.05) is 36.0 Å². The number of benzene rings is 2. The third kappa shape index (κ3) is 5.15. The third-order valence-corrected chi connectivity index (χ3v) is 5.18. The number of ether oxygens (including phenoxy) is 1. The Morgan fingerprint density at radius 2 is 1.87 bits per heavy atom. The van der Waals surface area contributed by atoms with Crippen molar-refractivity contribution in [2.75, 3.05) is 18.2 Å². The lowest BCUT2D eigenvalue weighted by molar-refractivity contribution is -0.113. The van der Waals surface area contributed by atoms with Crippen LogP contribution < -0.4 is 15.4 Å². The summed E-state index contributed by atoms with van der Waals surface area (Å²) in [6.07, 6.45) is 0. The van der Waals surface area contributed by atoms with E-state index in [0.717, 1.165) is 11.8 Å². The van der Waals surface area contributed by atoms with Crippen molar-refractivity contribution < 1.29 is 18.7 Å². The summed E-state index contributed by atoms with van der Waals surface area (Å²) in [6, 6.07) is 12.9. The molecule has 0 aliphatic heterocycles. The normalized spacial score (nSPS) is 10.5. The lowest BCUT2D eigenvalue weighted by Gasteiger charge is -2.09. The zero-order valence-corrected chi connectivity index (χ0v) is 17.2. The number of hydrogen-bond acceptors (Lipinski definition) is 6. The monoisotopic (exact) mass is 429 g/mol. The number of halogens is 1. The number of para-hydroxylation sites is 2. The van der Waals surface area contributed by atoms with Crippen molar-refractivity contribution >= 4 is 29.3 Å². The van der Waals surface area contributed by atoms with E-state index in [0.29, 0.717) is 22.3 Å². The average molecular weight is 429 g/mol. The molecule has 0 saturated heterocycles. The van der Waals surface area contributed by atoms with Gasteiger partial charge in [-0.25, -0.2) is 4.39 Å². The molecule has 0 radical (unpaired) electrons. The number of anilines is 1. The van der Waals surface area contributed by atoms with E-state index >= 15 is 0 Å². The van der Waals surface area contributed by atoms with Gasteiger partial charge >= 0.3 is 0 Å². The highest BCUT2D eigenvalue weighted by Crippen LogP contribution is 2.19. The molecule has 2 amide bonds. The number of thioether (sulfide) groups is 1. The fraction of sp³-hybridized carbons (Fsp3) is 0.200. The minimum absolute atomic E-state index is 0.0356. The van der Waals surface area contributed by atoms with Crippen molar-refractivity contribution in [3.05, 3.63) is 65.7 Å². The van der Waals surface area contributed by atoms with Crippen molar-refractivity contribution in [2.45, 2.75) is 11.7 Å². The number of carbonyl (C=O) groups excluding carboxylic acids is 2. The van der Waals surface area contributed by atoms with Crippen molar-refractivity contribution in [3.63, 3.8) is 0 Å². The standard InChI is InChI=1S/C20H20FN5O3S/c1-26-17(11-22-19(28)13-7-3-6-10-16(13)29-2)24-25-20(26)30-12-18(27)23-15-9-5-4-8-14(15)21/h3-10H,11-12H2,1-2H3,(H,22,28)(H,23,27). The molecule has 3 aromatic rings. The summed E-state index contributed by atoms with van der Waals surface area (Å²) < 4.78 is 20.5. The minimum atomic E-state index is -0.498. The first-order valence-corrected chi connectivity index (χ1v) is 9.95. The Morgan fingerprint density at radius 1 is 1.13 bits per heavy atom. The molecule has 1 aromatic heterocycles. The summed E-state index contributed by atoms with van der Waals surface area (Å²) in [5.41, 5.74) is 0.544. The second-order valence-corrected chi connectivity index (χ2v) is 7.10. The van der Waals surface area contributed by atoms with Crippen LogP contribution in [0.3, 0.4) is 0 Å². The van der Waals surface area contributed by atoms with Crippen LogP contribution in [0.15, 0.2) is 53.7 Å². The Kier molecular flexibility index (Phi) is 7.02. The van der Waals surface area contributed by atoms with Gasteiger partial charge in [0.25, 0.3) is 5.91 Å². The maximum absolute atomic E-state index is 13.6. The van der Waals surface area contributed by atoms with Gasteiger partial charge in [-0.15, -0.1) is 10.2 Å². The van der Waals surface area contributed by atoms with Gasteiger partial charge < -0.3 is 19.9 Å². The van der Waals surface area contributed by atoms with Crippen LogP contribution in [0.5, 0.6) is 5.75 Å². The summed E-state index contributed by atoms with van der Waals surface area (Å²) in [4.78, 5) is 24.5. The van der Waals surface area contributed by atoms with Crippen LogP contribution in [0, 0.1) is 5.82 Å². The SMILES string of the molecule is COc1ccccc1C(=O)NCc1nnc(SCC(=O)Nc2ccccc2F)n1C. The molecule has 0 spiro atoms. The summed E-state index contributed by atoms with van der Waals surface area (Å²) >= 11 is 1.16. The quantitative estimate of drug-likeness (QED) is 0.534. The summed E-state index contributed by atoms with van der Waals surface area (Å²) in [7, 11) is 3.24. The highest BCUT2D eigenvalue weighted by molar-refractivity contribution is 7.99. The van der Waals surface area contributed by atoms with Crippen LogP contribution in [-0.4, -0.2) is 39.4 Å². The molecule has 0 fully saturated rings. The predicted octanol–water partition coefficient (Wildman–Crippen LogP) is 2.62. The summed E-state index contributed by atoms with van der Waals surface area (Å²) in [6.45, 7) is 0.155. The van der Waals surface area contributed by atoms with E-state index in [1.807, 2.05) is 0 Å². The minimum Gasteiger partial charge on any atom is -0.496 e. The Balaban J connectivity index is 1.55. The van der Waals surface area contributed by atoms with Crippen LogP contribution in [0.25, 0.3) is 0 Å². The predicted molar refractivity (Wildman–Crippen MR) is 111 cm³/mol. The van der Waals surface area contributed by atoms with Gasteiger partial charge in [-0.05, 0) is 24.3 Å². The average Bonchev–Trinajstić information content (AvgIpc) is 3.11. The lowest BCUT2D eigenvalue weighted by Crippen LogP contribution is -2.25. The molecule has 156 valence electrons. The van der Waals surface area contributed by atoms with Gasteiger partial charge in [0.05, 0.1) is 30.7 Å². The van der Waals surface area contributed by atoms with E-state index in [9.17, 15) is 14.0 Å². The first-order chi connectivity index (χ1) is 14.5. The van der Waals surface area contributed by atoms with Crippen molar-refractivity contribution in [1.29, 1.82) is 0 Å². The summed E-state index contributed by atoms with van der Waals surface area (Å²) in [5, 5.41) is 13.9. The van der Waals surface area contributed by atoms with E-state index in [1.54, 1.807) is 48.0 Å². The Labute approximate surface area is 176 Å². The van der Waals surface area contributed by atoms with E-state index in [4.69, 9.17) is 4.74 Å². The fourth-order valence-electron chi connectivity index (χ4n) is 2.59. The van der Waals surface area contributed by atoms with E-state index < -0.39 is 5.82 Å². The molecule has 1 heterocycles. The van der Waals surface area contributed by atoms with E-state index in [-0.39, 0.29) is 29.8 Å². The van der Waals surface area contributed by atoms with Gasteiger partial charge in [-0.3, -0.25) is 9.59 Å². The molecule has 3 rings (SSSR count). The first-order valence-electron chi connectivity index (χ1n) is 8.96. The van der Waals surface area contributed by atoms with Gasteiger partial charge in [0.1, 0.15) is 11.6 Å². The maximum Gasteiger partial charge on any atom is 0.255 e. The number of rotatable bonds is 8. The Hall–Kier alpha value is -3.40. The third-order valence-electron chi connectivity index (χ3n) is 4.16.